The van der Waals surface area contributed by atoms with Crippen LogP contribution in [0.1, 0.15) is 11.1 Å². The molecule has 2 aromatic carbocycles. The van der Waals surface area contributed by atoms with Crippen LogP contribution in [-0.4, -0.2) is 6.03 Å². The van der Waals surface area contributed by atoms with Crippen LogP contribution in [0.3, 0.4) is 0 Å². The summed E-state index contributed by atoms with van der Waals surface area (Å²) in [5, 5.41) is 5.81. The van der Waals surface area contributed by atoms with Crippen molar-refractivity contribution in [1.82, 2.24) is 5.32 Å². The first-order valence-corrected chi connectivity index (χ1v) is 6.58. The summed E-state index contributed by atoms with van der Waals surface area (Å²) in [6, 6.07) is 14.8. The number of urea groups is 1. The number of amides is 2. The maximum atomic E-state index is 11.7. The Balaban J connectivity index is 1.89. The molecule has 0 atom stereocenters. The Morgan fingerprint density at radius 3 is 2.50 bits per heavy atom. The lowest BCUT2D eigenvalue weighted by molar-refractivity contribution is 0.255. The van der Waals surface area contributed by atoms with Crippen molar-refractivity contribution in [3.63, 3.8) is 0 Å². The van der Waals surface area contributed by atoms with E-state index < -0.39 is 0 Å². The number of para-hydroxylation sites is 1. The van der Waals surface area contributed by atoms with Crippen molar-refractivity contribution in [3.8, 4) is 0 Å². The van der Waals surface area contributed by atoms with E-state index in [1.54, 1.807) is 18.3 Å². The fourth-order valence-corrected chi connectivity index (χ4v) is 1.80. The van der Waals surface area contributed by atoms with Gasteiger partial charge < -0.3 is 10.6 Å². The Hall–Kier alpha value is -2.26. The Morgan fingerprint density at radius 1 is 1.10 bits per heavy atom. The topological polar surface area (TPSA) is 41.1 Å². The molecule has 0 aliphatic heterocycles. The van der Waals surface area contributed by atoms with Crippen molar-refractivity contribution in [1.29, 1.82) is 0 Å². The summed E-state index contributed by atoms with van der Waals surface area (Å²) in [6.07, 6.45) is 3.42. The van der Waals surface area contributed by atoms with Crippen molar-refractivity contribution >= 4 is 29.4 Å². The second-order valence-corrected chi connectivity index (χ2v) is 4.73. The lowest BCUT2D eigenvalue weighted by Crippen LogP contribution is -2.23. The number of anilines is 1. The van der Waals surface area contributed by atoms with Gasteiger partial charge in [-0.1, -0.05) is 53.6 Å². The van der Waals surface area contributed by atoms with E-state index in [2.05, 4.69) is 10.6 Å². The third-order valence-electron chi connectivity index (χ3n) is 2.69. The van der Waals surface area contributed by atoms with Gasteiger partial charge in [0.15, 0.2) is 0 Å². The molecule has 20 heavy (non-hydrogen) atoms. The van der Waals surface area contributed by atoms with Gasteiger partial charge in [0.2, 0.25) is 0 Å². The van der Waals surface area contributed by atoms with Crippen LogP contribution in [0.5, 0.6) is 0 Å². The van der Waals surface area contributed by atoms with Gasteiger partial charge in [0.05, 0.1) is 10.7 Å². The molecule has 3 nitrogen and oxygen atoms in total. The minimum absolute atomic E-state index is 0.332. The number of benzene rings is 2. The van der Waals surface area contributed by atoms with E-state index in [0.717, 1.165) is 5.56 Å². The van der Waals surface area contributed by atoms with Gasteiger partial charge >= 0.3 is 6.03 Å². The van der Waals surface area contributed by atoms with E-state index in [0.29, 0.717) is 10.7 Å². The second kappa shape index (κ2) is 6.78. The fraction of sp³-hybridized carbons (Fsp3) is 0.0625. The summed E-state index contributed by atoms with van der Waals surface area (Å²) in [6.45, 7) is 2.03. The summed E-state index contributed by atoms with van der Waals surface area (Å²) in [5.74, 6) is 0. The van der Waals surface area contributed by atoms with Crippen LogP contribution in [0.25, 0.3) is 6.08 Å². The predicted octanol–water partition coefficient (Wildman–Crippen LogP) is 4.44. The second-order valence-electron chi connectivity index (χ2n) is 4.32. The zero-order valence-corrected chi connectivity index (χ0v) is 11.8. The van der Waals surface area contributed by atoms with E-state index in [-0.39, 0.29) is 6.03 Å². The molecule has 0 saturated heterocycles. The molecule has 0 bridgehead atoms. The van der Waals surface area contributed by atoms with E-state index in [1.807, 2.05) is 49.4 Å². The van der Waals surface area contributed by atoms with E-state index in [1.165, 1.54) is 5.56 Å². The third-order valence-corrected chi connectivity index (χ3v) is 3.02. The SMILES string of the molecule is Cc1ccc(/C=C/NC(=O)Nc2ccccc2Cl)cc1. The molecule has 0 aliphatic rings. The highest BCUT2D eigenvalue weighted by atomic mass is 35.5. The average molecular weight is 287 g/mol. The molecule has 0 radical (unpaired) electrons. The van der Waals surface area contributed by atoms with Crippen molar-refractivity contribution in [2.24, 2.45) is 0 Å². The molecule has 0 saturated carbocycles. The number of carbonyl (C=O) groups is 1. The van der Waals surface area contributed by atoms with Crippen LogP contribution in [0.4, 0.5) is 10.5 Å². The zero-order chi connectivity index (χ0) is 14.4. The molecule has 2 amide bonds. The monoisotopic (exact) mass is 286 g/mol. The van der Waals surface area contributed by atoms with Gasteiger partial charge in [0.1, 0.15) is 0 Å². The Labute approximate surface area is 123 Å². The smallest absolute Gasteiger partial charge is 0.314 e. The summed E-state index contributed by atoms with van der Waals surface area (Å²) in [5.41, 5.74) is 2.80. The van der Waals surface area contributed by atoms with Gasteiger partial charge in [0.25, 0.3) is 0 Å². The van der Waals surface area contributed by atoms with Crippen LogP contribution in [0.15, 0.2) is 54.7 Å². The Morgan fingerprint density at radius 2 is 1.80 bits per heavy atom. The quantitative estimate of drug-likeness (QED) is 0.860. The first-order chi connectivity index (χ1) is 9.65. The van der Waals surface area contributed by atoms with Crippen LogP contribution in [0, 0.1) is 6.92 Å². The molecule has 0 aliphatic carbocycles. The highest BCUT2D eigenvalue weighted by Crippen LogP contribution is 2.19. The minimum Gasteiger partial charge on any atom is -0.314 e. The summed E-state index contributed by atoms with van der Waals surface area (Å²) in [4.78, 5) is 11.7. The standard InChI is InChI=1S/C16H15ClN2O/c1-12-6-8-13(9-7-12)10-11-18-16(20)19-15-5-3-2-4-14(15)17/h2-11H,1H3,(H2,18,19,20)/b11-10+. The first-order valence-electron chi connectivity index (χ1n) is 6.20. The number of nitrogens with one attached hydrogen (secondary N) is 2. The molecule has 0 spiro atoms. The predicted molar refractivity (Wildman–Crippen MR) is 83.8 cm³/mol. The molecule has 0 aromatic heterocycles. The summed E-state index contributed by atoms with van der Waals surface area (Å²) >= 11 is 5.95. The Kier molecular flexibility index (Phi) is 4.80. The number of halogens is 1. The molecule has 0 unspecified atom stereocenters. The van der Waals surface area contributed by atoms with Crippen LogP contribution in [-0.2, 0) is 0 Å². The largest absolute Gasteiger partial charge is 0.323 e. The molecule has 4 heteroatoms. The lowest BCUT2D eigenvalue weighted by atomic mass is 10.1. The van der Waals surface area contributed by atoms with Gasteiger partial charge in [-0.05, 0) is 30.7 Å². The molecule has 102 valence electrons. The van der Waals surface area contributed by atoms with Crippen LogP contribution >= 0.6 is 11.6 Å². The molecular weight excluding hydrogens is 272 g/mol. The van der Waals surface area contributed by atoms with Gasteiger partial charge in [-0.15, -0.1) is 0 Å². The van der Waals surface area contributed by atoms with Gasteiger partial charge in [-0.3, -0.25) is 0 Å². The van der Waals surface area contributed by atoms with Gasteiger partial charge in [-0.25, -0.2) is 4.79 Å². The normalized spacial score (nSPS) is 10.5. The van der Waals surface area contributed by atoms with Gasteiger partial charge in [-0.2, -0.15) is 0 Å². The lowest BCUT2D eigenvalue weighted by Gasteiger charge is -2.05. The van der Waals surface area contributed by atoms with Crippen molar-refractivity contribution in [2.75, 3.05) is 5.32 Å². The fourth-order valence-electron chi connectivity index (χ4n) is 1.61. The maximum absolute atomic E-state index is 11.7. The van der Waals surface area contributed by atoms with Crippen molar-refractivity contribution in [3.05, 3.63) is 70.9 Å². The summed E-state index contributed by atoms with van der Waals surface area (Å²) in [7, 11) is 0. The maximum Gasteiger partial charge on any atom is 0.323 e. The molecule has 0 heterocycles. The molecule has 2 aromatic rings. The molecule has 0 fully saturated rings. The molecule has 2 rings (SSSR count). The number of carbonyl (C=O) groups excluding carboxylic acids is 1. The van der Waals surface area contributed by atoms with Crippen molar-refractivity contribution < 1.29 is 4.79 Å². The average Bonchev–Trinajstić information content (AvgIpc) is 2.44. The molecule has 2 N–H and O–H groups in total. The highest BCUT2D eigenvalue weighted by molar-refractivity contribution is 6.33. The number of hydrogen-bond acceptors (Lipinski definition) is 1. The van der Waals surface area contributed by atoms with Gasteiger partial charge in [0, 0.05) is 6.20 Å². The zero-order valence-electron chi connectivity index (χ0n) is 11.1. The van der Waals surface area contributed by atoms with Crippen LogP contribution < -0.4 is 10.6 Å². The van der Waals surface area contributed by atoms with Crippen molar-refractivity contribution in [2.45, 2.75) is 6.92 Å². The molecular formula is C16H15ClN2O. The first kappa shape index (κ1) is 14.2. The van der Waals surface area contributed by atoms with E-state index in [9.17, 15) is 4.79 Å². The van der Waals surface area contributed by atoms with E-state index >= 15 is 0 Å². The number of rotatable bonds is 3. The minimum atomic E-state index is -0.332. The highest BCUT2D eigenvalue weighted by Gasteiger charge is 2.02. The number of hydrogen-bond donors (Lipinski definition) is 2. The van der Waals surface area contributed by atoms with Crippen LogP contribution in [0.2, 0.25) is 5.02 Å². The summed E-state index contributed by atoms with van der Waals surface area (Å²) < 4.78 is 0. The number of aryl methyl sites for hydroxylation is 1. The Bertz CT molecular complexity index is 621. The van der Waals surface area contributed by atoms with E-state index in [4.69, 9.17) is 11.6 Å². The third kappa shape index (κ3) is 4.14.